The Morgan fingerprint density at radius 2 is 1.65 bits per heavy atom. The summed E-state index contributed by atoms with van der Waals surface area (Å²) in [5, 5.41) is 0. The number of hydrogen-bond donors (Lipinski definition) is 0. The maximum atomic E-state index is 12.9. The first kappa shape index (κ1) is 22.3. The molecule has 2 heterocycles. The van der Waals surface area contributed by atoms with Crippen LogP contribution in [0.15, 0.2) is 42.5 Å². The number of ether oxygens (including phenoxy) is 1. The van der Waals surface area contributed by atoms with Gasteiger partial charge in [-0.05, 0) is 50.5 Å². The summed E-state index contributed by atoms with van der Waals surface area (Å²) in [6, 6.07) is 12.4. The standard InChI is InChI=1S/C27H28N2O5/c1-16-10-11-23(17(2)12-16)28-15-18(13-24(28)30)27(33)34-20-7-5-6-19(14-20)29-25(31)21-8-3-4-9-22(21)26(29)32/h5-7,10-12,14,18,21-22H,3-4,8-9,13,15H2,1-2H3/t18-,21+,22+/m1/s1. The quantitative estimate of drug-likeness (QED) is 0.392. The predicted molar refractivity (Wildman–Crippen MR) is 126 cm³/mol. The third-order valence-corrected chi connectivity index (χ3v) is 7.24. The van der Waals surface area contributed by atoms with Gasteiger partial charge < -0.3 is 9.64 Å². The zero-order chi connectivity index (χ0) is 24.0. The van der Waals surface area contributed by atoms with Crippen LogP contribution in [0.3, 0.4) is 0 Å². The molecular weight excluding hydrogens is 432 g/mol. The summed E-state index contributed by atoms with van der Waals surface area (Å²) in [5.74, 6) is -1.75. The highest BCUT2D eigenvalue weighted by molar-refractivity contribution is 6.22. The van der Waals surface area contributed by atoms with Crippen LogP contribution in [0.25, 0.3) is 0 Å². The molecule has 2 saturated heterocycles. The number of esters is 1. The van der Waals surface area contributed by atoms with Gasteiger partial charge in [0.25, 0.3) is 0 Å². The Balaban J connectivity index is 1.30. The highest BCUT2D eigenvalue weighted by Crippen LogP contribution is 2.40. The first-order valence-electron chi connectivity index (χ1n) is 11.9. The lowest BCUT2D eigenvalue weighted by atomic mass is 9.81. The molecule has 0 radical (unpaired) electrons. The van der Waals surface area contributed by atoms with Crippen LogP contribution in [0.5, 0.6) is 5.75 Å². The van der Waals surface area contributed by atoms with Crippen molar-refractivity contribution in [3.63, 3.8) is 0 Å². The van der Waals surface area contributed by atoms with Crippen molar-refractivity contribution < 1.29 is 23.9 Å². The molecule has 7 heteroatoms. The van der Waals surface area contributed by atoms with E-state index >= 15 is 0 Å². The van der Waals surface area contributed by atoms with Crippen LogP contribution in [-0.4, -0.2) is 30.2 Å². The number of nitrogens with zero attached hydrogens (tertiary/aromatic N) is 2. The van der Waals surface area contributed by atoms with Gasteiger partial charge in [-0.1, -0.05) is 36.6 Å². The minimum absolute atomic E-state index is 0.0816. The summed E-state index contributed by atoms with van der Waals surface area (Å²) in [6.45, 7) is 4.20. The molecule has 2 aliphatic heterocycles. The Morgan fingerprint density at radius 1 is 0.941 bits per heavy atom. The fraction of sp³-hybridized carbons (Fsp3) is 0.407. The average molecular weight is 461 g/mol. The second-order valence-electron chi connectivity index (χ2n) is 9.62. The van der Waals surface area contributed by atoms with Crippen LogP contribution in [0.1, 0.15) is 43.2 Å². The number of anilines is 2. The molecule has 2 aromatic carbocycles. The van der Waals surface area contributed by atoms with Crippen LogP contribution in [-0.2, 0) is 19.2 Å². The maximum Gasteiger partial charge on any atom is 0.316 e. The normalized spacial score (nSPS) is 24.5. The van der Waals surface area contributed by atoms with Crippen molar-refractivity contribution >= 4 is 35.1 Å². The number of rotatable bonds is 4. The molecule has 1 aliphatic carbocycles. The molecule has 7 nitrogen and oxygen atoms in total. The summed E-state index contributed by atoms with van der Waals surface area (Å²) in [6.07, 6.45) is 3.49. The number of hydrogen-bond acceptors (Lipinski definition) is 5. The lowest BCUT2D eigenvalue weighted by molar-refractivity contribution is -0.139. The smallest absolute Gasteiger partial charge is 0.316 e. The van der Waals surface area contributed by atoms with E-state index < -0.39 is 11.9 Å². The number of amides is 3. The number of fused-ring (bicyclic) bond motifs is 1. The van der Waals surface area contributed by atoms with E-state index in [4.69, 9.17) is 4.74 Å². The molecule has 1 saturated carbocycles. The van der Waals surface area contributed by atoms with Crippen LogP contribution in [0.2, 0.25) is 0 Å². The van der Waals surface area contributed by atoms with Crippen LogP contribution in [0, 0.1) is 31.6 Å². The van der Waals surface area contributed by atoms with Gasteiger partial charge >= 0.3 is 5.97 Å². The molecule has 0 spiro atoms. The monoisotopic (exact) mass is 460 g/mol. The highest BCUT2D eigenvalue weighted by Gasteiger charge is 2.48. The Kier molecular flexibility index (Phi) is 5.71. The molecule has 176 valence electrons. The van der Waals surface area contributed by atoms with E-state index in [1.165, 1.54) is 4.90 Å². The number of aryl methyl sites for hydroxylation is 2. The van der Waals surface area contributed by atoms with Crippen LogP contribution < -0.4 is 14.5 Å². The largest absolute Gasteiger partial charge is 0.426 e. The van der Waals surface area contributed by atoms with Crippen molar-refractivity contribution in [2.45, 2.75) is 46.0 Å². The molecular formula is C27H28N2O5. The molecule has 0 bridgehead atoms. The van der Waals surface area contributed by atoms with Gasteiger partial charge in [0.05, 0.1) is 23.4 Å². The maximum absolute atomic E-state index is 12.9. The fourth-order valence-electron chi connectivity index (χ4n) is 5.51. The minimum atomic E-state index is -0.588. The van der Waals surface area contributed by atoms with Gasteiger partial charge in [0, 0.05) is 24.7 Å². The van der Waals surface area contributed by atoms with Crippen molar-refractivity contribution in [1.29, 1.82) is 0 Å². The van der Waals surface area contributed by atoms with Crippen molar-refractivity contribution in [1.82, 2.24) is 0 Å². The van der Waals surface area contributed by atoms with Gasteiger partial charge in [-0.15, -0.1) is 0 Å². The Bertz CT molecular complexity index is 1170. The van der Waals surface area contributed by atoms with Gasteiger partial charge in [0.15, 0.2) is 0 Å². The second-order valence-corrected chi connectivity index (χ2v) is 9.62. The van der Waals surface area contributed by atoms with Gasteiger partial charge in [-0.3, -0.25) is 19.2 Å². The van der Waals surface area contributed by atoms with Gasteiger partial charge in [-0.25, -0.2) is 4.90 Å². The first-order chi connectivity index (χ1) is 16.3. The minimum Gasteiger partial charge on any atom is -0.426 e. The summed E-state index contributed by atoms with van der Waals surface area (Å²) in [4.78, 5) is 54.2. The molecule has 3 fully saturated rings. The molecule has 3 amide bonds. The van der Waals surface area contributed by atoms with E-state index in [2.05, 4.69) is 0 Å². The van der Waals surface area contributed by atoms with E-state index in [0.29, 0.717) is 5.69 Å². The molecule has 0 aromatic heterocycles. The van der Waals surface area contributed by atoms with Crippen LogP contribution >= 0.6 is 0 Å². The molecule has 3 atom stereocenters. The number of carbonyl (C=O) groups excluding carboxylic acids is 4. The van der Waals surface area contributed by atoms with Crippen molar-refractivity contribution in [2.24, 2.45) is 17.8 Å². The second kappa shape index (κ2) is 8.70. The number of benzene rings is 2. The van der Waals surface area contributed by atoms with Gasteiger partial charge in [0.2, 0.25) is 17.7 Å². The third kappa shape index (κ3) is 3.89. The molecule has 3 aliphatic rings. The summed E-state index contributed by atoms with van der Waals surface area (Å²) in [5.41, 5.74) is 3.32. The Labute approximate surface area is 198 Å². The Hall–Kier alpha value is -3.48. The zero-order valence-corrected chi connectivity index (χ0v) is 19.5. The third-order valence-electron chi connectivity index (χ3n) is 7.24. The fourth-order valence-corrected chi connectivity index (χ4v) is 5.51. The predicted octanol–water partition coefficient (Wildman–Crippen LogP) is 3.94. The Morgan fingerprint density at radius 3 is 2.32 bits per heavy atom. The first-order valence-corrected chi connectivity index (χ1v) is 11.9. The summed E-state index contributed by atoms with van der Waals surface area (Å²) >= 11 is 0. The summed E-state index contributed by atoms with van der Waals surface area (Å²) < 4.78 is 5.60. The number of imide groups is 1. The van der Waals surface area contributed by atoms with E-state index in [1.54, 1.807) is 29.2 Å². The van der Waals surface area contributed by atoms with Crippen LogP contribution in [0.4, 0.5) is 11.4 Å². The lowest BCUT2D eigenvalue weighted by Gasteiger charge is -2.19. The molecule has 5 rings (SSSR count). The van der Waals surface area contributed by atoms with E-state index in [1.807, 2.05) is 32.0 Å². The van der Waals surface area contributed by atoms with Crippen molar-refractivity contribution in [3.05, 3.63) is 53.6 Å². The SMILES string of the molecule is Cc1ccc(N2C[C@H](C(=O)Oc3cccc(N4C(=O)[C@H]5CCCC[C@@H]5C4=O)c3)CC2=O)c(C)c1. The van der Waals surface area contributed by atoms with Gasteiger partial charge in [-0.2, -0.15) is 0 Å². The van der Waals surface area contributed by atoms with E-state index in [9.17, 15) is 19.2 Å². The molecule has 2 aromatic rings. The number of carbonyl (C=O) groups is 4. The topological polar surface area (TPSA) is 84.0 Å². The zero-order valence-electron chi connectivity index (χ0n) is 19.5. The highest BCUT2D eigenvalue weighted by atomic mass is 16.5. The molecule has 0 N–H and O–H groups in total. The summed E-state index contributed by atoms with van der Waals surface area (Å²) in [7, 11) is 0. The molecule has 34 heavy (non-hydrogen) atoms. The van der Waals surface area contributed by atoms with E-state index in [0.717, 1.165) is 42.5 Å². The van der Waals surface area contributed by atoms with Crippen molar-refractivity contribution in [2.75, 3.05) is 16.3 Å². The average Bonchev–Trinajstić information content (AvgIpc) is 3.32. The van der Waals surface area contributed by atoms with Gasteiger partial charge in [0.1, 0.15) is 5.75 Å². The van der Waals surface area contributed by atoms with Crippen molar-refractivity contribution in [3.8, 4) is 5.75 Å². The lowest BCUT2D eigenvalue weighted by Crippen LogP contribution is -2.31. The molecule has 0 unspecified atom stereocenters. The van der Waals surface area contributed by atoms with E-state index in [-0.39, 0.29) is 48.3 Å².